The van der Waals surface area contributed by atoms with E-state index in [2.05, 4.69) is 26.1 Å². The van der Waals surface area contributed by atoms with Crippen LogP contribution in [0.4, 0.5) is 5.13 Å². The van der Waals surface area contributed by atoms with Crippen molar-refractivity contribution in [3.05, 3.63) is 3.92 Å². The van der Waals surface area contributed by atoms with Gasteiger partial charge in [-0.2, -0.15) is 0 Å². The van der Waals surface area contributed by atoms with E-state index in [1.54, 1.807) is 0 Å². The van der Waals surface area contributed by atoms with Crippen LogP contribution < -0.4 is 4.90 Å². The Labute approximate surface area is 101 Å². The lowest BCUT2D eigenvalue weighted by Gasteiger charge is -2.32. The molecule has 1 saturated heterocycles. The van der Waals surface area contributed by atoms with Gasteiger partial charge in [0.15, 0.2) is 13.8 Å². The molecular weight excluding hydrogens is 302 g/mol. The first-order chi connectivity index (χ1) is 6.98. The summed E-state index contributed by atoms with van der Waals surface area (Å²) in [5.74, 6) is 0.402. The van der Waals surface area contributed by atoms with E-state index in [0.29, 0.717) is 6.54 Å². The number of hydrogen-bond acceptors (Lipinski definition) is 6. The van der Waals surface area contributed by atoms with Gasteiger partial charge in [0.1, 0.15) is 0 Å². The second-order valence-corrected chi connectivity index (χ2v) is 7.96. The fourth-order valence-corrected chi connectivity index (χ4v) is 4.37. The minimum absolute atomic E-state index is 0.0244. The molecule has 0 amide bonds. The average molecular weight is 312 g/mol. The predicted octanol–water partition coefficient (Wildman–Crippen LogP) is 0.924. The molecule has 1 aliphatic heterocycles. The summed E-state index contributed by atoms with van der Waals surface area (Å²) in [6.07, 6.45) is 0. The van der Waals surface area contributed by atoms with Crippen molar-refractivity contribution in [3.63, 3.8) is 0 Å². The van der Waals surface area contributed by atoms with Gasteiger partial charge in [-0.15, -0.1) is 10.2 Å². The Morgan fingerprint density at radius 1 is 1.53 bits per heavy atom. The summed E-state index contributed by atoms with van der Waals surface area (Å²) < 4.78 is 23.5. The van der Waals surface area contributed by atoms with Crippen molar-refractivity contribution in [1.29, 1.82) is 0 Å². The highest BCUT2D eigenvalue weighted by molar-refractivity contribution is 9.11. The van der Waals surface area contributed by atoms with Crippen LogP contribution in [0.25, 0.3) is 0 Å². The topological polar surface area (TPSA) is 63.2 Å². The molecule has 2 rings (SSSR count). The Bertz CT molecular complexity index is 459. The number of anilines is 1. The zero-order valence-electron chi connectivity index (χ0n) is 8.05. The molecule has 0 bridgehead atoms. The number of rotatable bonds is 1. The van der Waals surface area contributed by atoms with E-state index in [9.17, 15) is 8.42 Å². The predicted molar refractivity (Wildman–Crippen MR) is 63.1 cm³/mol. The second-order valence-electron chi connectivity index (χ2n) is 3.49. The van der Waals surface area contributed by atoms with Gasteiger partial charge in [-0.1, -0.05) is 11.3 Å². The number of hydrogen-bond donors (Lipinski definition) is 0. The van der Waals surface area contributed by atoms with Gasteiger partial charge in [0.05, 0.1) is 11.5 Å². The molecule has 1 aromatic rings. The van der Waals surface area contributed by atoms with Crippen LogP contribution >= 0.6 is 27.3 Å². The molecule has 1 atom stereocenters. The molecule has 0 N–H and O–H groups in total. The van der Waals surface area contributed by atoms with Crippen LogP contribution in [0.2, 0.25) is 0 Å². The van der Waals surface area contributed by atoms with Gasteiger partial charge in [-0.3, -0.25) is 0 Å². The Balaban J connectivity index is 2.19. The molecular formula is C7H10BrN3O2S2. The van der Waals surface area contributed by atoms with Crippen LogP contribution in [0.15, 0.2) is 3.92 Å². The SMILES string of the molecule is CC1CS(=O)(=O)CCN1c1nnc(Br)s1. The molecule has 1 unspecified atom stereocenters. The van der Waals surface area contributed by atoms with E-state index in [-0.39, 0.29) is 17.5 Å². The second kappa shape index (κ2) is 3.99. The molecule has 2 heterocycles. The van der Waals surface area contributed by atoms with E-state index < -0.39 is 9.84 Å². The largest absolute Gasteiger partial charge is 0.342 e. The maximum atomic E-state index is 11.4. The van der Waals surface area contributed by atoms with E-state index in [4.69, 9.17) is 0 Å². The van der Waals surface area contributed by atoms with Crippen molar-refractivity contribution in [2.75, 3.05) is 23.0 Å². The standard InChI is InChI=1S/C7H10BrN3O2S2/c1-5-4-15(12,13)3-2-11(5)7-10-9-6(8)14-7/h5H,2-4H2,1H3. The summed E-state index contributed by atoms with van der Waals surface area (Å²) >= 11 is 4.66. The first kappa shape index (κ1) is 11.3. The third-order valence-electron chi connectivity index (χ3n) is 2.31. The molecule has 8 heteroatoms. The molecule has 0 saturated carbocycles. The van der Waals surface area contributed by atoms with Crippen molar-refractivity contribution >= 4 is 42.2 Å². The zero-order chi connectivity index (χ0) is 11.1. The summed E-state index contributed by atoms with van der Waals surface area (Å²) in [5.41, 5.74) is 0. The Kier molecular flexibility index (Phi) is 3.00. The van der Waals surface area contributed by atoms with Crippen molar-refractivity contribution < 1.29 is 8.42 Å². The van der Waals surface area contributed by atoms with Crippen molar-refractivity contribution in [1.82, 2.24) is 10.2 Å². The van der Waals surface area contributed by atoms with E-state index in [0.717, 1.165) is 9.05 Å². The molecule has 15 heavy (non-hydrogen) atoms. The molecule has 1 fully saturated rings. The Morgan fingerprint density at radius 3 is 2.80 bits per heavy atom. The lowest BCUT2D eigenvalue weighted by atomic mass is 10.3. The molecule has 84 valence electrons. The maximum Gasteiger partial charge on any atom is 0.209 e. The zero-order valence-corrected chi connectivity index (χ0v) is 11.3. The average Bonchev–Trinajstić information content (AvgIpc) is 2.50. The summed E-state index contributed by atoms with van der Waals surface area (Å²) in [7, 11) is -2.86. The van der Waals surface area contributed by atoms with Crippen molar-refractivity contribution in [2.45, 2.75) is 13.0 Å². The highest BCUT2D eigenvalue weighted by Gasteiger charge is 2.29. The quantitative estimate of drug-likeness (QED) is 0.772. The monoisotopic (exact) mass is 311 g/mol. The number of sulfone groups is 1. The van der Waals surface area contributed by atoms with Crippen LogP contribution in [0, 0.1) is 0 Å². The molecule has 0 spiro atoms. The highest BCUT2D eigenvalue weighted by atomic mass is 79.9. The van der Waals surface area contributed by atoms with Gasteiger partial charge in [-0.25, -0.2) is 8.42 Å². The minimum Gasteiger partial charge on any atom is -0.342 e. The fraction of sp³-hybridized carbons (Fsp3) is 0.714. The Morgan fingerprint density at radius 2 is 2.27 bits per heavy atom. The molecule has 1 aromatic heterocycles. The summed E-state index contributed by atoms with van der Waals surface area (Å²) in [6.45, 7) is 2.40. The molecule has 5 nitrogen and oxygen atoms in total. The lowest BCUT2D eigenvalue weighted by Crippen LogP contribution is -2.47. The van der Waals surface area contributed by atoms with Crippen LogP contribution in [0.1, 0.15) is 6.92 Å². The van der Waals surface area contributed by atoms with Crippen LogP contribution in [-0.4, -0.2) is 42.7 Å². The van der Waals surface area contributed by atoms with Crippen molar-refractivity contribution in [2.24, 2.45) is 0 Å². The van der Waals surface area contributed by atoms with Gasteiger partial charge in [0, 0.05) is 12.6 Å². The van der Waals surface area contributed by atoms with E-state index in [1.807, 2.05) is 11.8 Å². The summed E-state index contributed by atoms with van der Waals surface area (Å²) in [5, 5.41) is 8.63. The van der Waals surface area contributed by atoms with Crippen molar-refractivity contribution in [3.8, 4) is 0 Å². The molecule has 0 radical (unpaired) electrons. The summed E-state index contributed by atoms with van der Waals surface area (Å²) in [4.78, 5) is 1.99. The first-order valence-corrected chi connectivity index (χ1v) is 7.87. The maximum absolute atomic E-state index is 11.4. The van der Waals surface area contributed by atoms with Gasteiger partial charge >= 0.3 is 0 Å². The van der Waals surface area contributed by atoms with E-state index in [1.165, 1.54) is 11.3 Å². The first-order valence-electron chi connectivity index (χ1n) is 4.44. The van der Waals surface area contributed by atoms with Gasteiger partial charge in [0.25, 0.3) is 0 Å². The molecule has 1 aliphatic rings. The van der Waals surface area contributed by atoms with E-state index >= 15 is 0 Å². The number of aromatic nitrogens is 2. The van der Waals surface area contributed by atoms with Gasteiger partial charge < -0.3 is 4.90 Å². The third-order valence-corrected chi connectivity index (χ3v) is 5.49. The third kappa shape index (κ3) is 2.48. The number of nitrogens with zero attached hydrogens (tertiary/aromatic N) is 3. The van der Waals surface area contributed by atoms with Crippen LogP contribution in [-0.2, 0) is 9.84 Å². The normalized spacial score (nSPS) is 25.5. The fourth-order valence-electron chi connectivity index (χ4n) is 1.60. The number of halogens is 1. The lowest BCUT2D eigenvalue weighted by molar-refractivity contribution is 0.567. The smallest absolute Gasteiger partial charge is 0.209 e. The summed E-state index contributed by atoms with van der Waals surface area (Å²) in [6, 6.07) is -0.0244. The molecule has 0 aromatic carbocycles. The highest BCUT2D eigenvalue weighted by Crippen LogP contribution is 2.27. The van der Waals surface area contributed by atoms with Gasteiger partial charge in [-0.05, 0) is 22.9 Å². The van der Waals surface area contributed by atoms with Crippen LogP contribution in [0.5, 0.6) is 0 Å². The Hall–Kier alpha value is -0.210. The van der Waals surface area contributed by atoms with Crippen LogP contribution in [0.3, 0.4) is 0 Å². The van der Waals surface area contributed by atoms with Gasteiger partial charge in [0.2, 0.25) is 5.13 Å². The minimum atomic E-state index is -2.86. The molecule has 0 aliphatic carbocycles.